The Morgan fingerprint density at radius 3 is 2.42 bits per heavy atom. The van der Waals surface area contributed by atoms with E-state index in [-0.39, 0.29) is 42.8 Å². The average molecular weight is 569 g/mol. The van der Waals surface area contributed by atoms with E-state index in [9.17, 15) is 37.1 Å². The molecule has 0 radical (unpaired) electrons. The first-order valence-corrected chi connectivity index (χ1v) is 13.6. The third-order valence-electron chi connectivity index (χ3n) is 9.84. The van der Waals surface area contributed by atoms with Crippen LogP contribution >= 0.6 is 0 Å². The van der Waals surface area contributed by atoms with Crippen molar-refractivity contribution in [3.8, 4) is 0 Å². The van der Waals surface area contributed by atoms with Crippen molar-refractivity contribution in [2.75, 3.05) is 6.61 Å². The van der Waals surface area contributed by atoms with E-state index in [2.05, 4.69) is 0 Å². The van der Waals surface area contributed by atoms with Gasteiger partial charge in [0.1, 0.15) is 6.10 Å². The van der Waals surface area contributed by atoms with E-state index in [4.69, 9.17) is 14.2 Å². The maximum Gasteiger partial charge on any atom is 0.490 e. The second-order valence-electron chi connectivity index (χ2n) is 12.0. The summed E-state index contributed by atoms with van der Waals surface area (Å²) in [6.07, 6.45) is -1.22. The number of allylic oxidation sites excluding steroid dienone is 4. The summed E-state index contributed by atoms with van der Waals surface area (Å²) < 4.78 is 56.6. The summed E-state index contributed by atoms with van der Waals surface area (Å²) >= 11 is 0. The highest BCUT2D eigenvalue weighted by Gasteiger charge is 2.71. The van der Waals surface area contributed by atoms with Crippen molar-refractivity contribution in [2.24, 2.45) is 34.5 Å². The van der Waals surface area contributed by atoms with Gasteiger partial charge in [0.25, 0.3) is 0 Å². The quantitative estimate of drug-likeness (QED) is 0.341. The summed E-state index contributed by atoms with van der Waals surface area (Å²) in [4.78, 5) is 62.4. The van der Waals surface area contributed by atoms with E-state index in [1.165, 1.54) is 12.2 Å². The van der Waals surface area contributed by atoms with Gasteiger partial charge in [-0.15, -0.1) is 0 Å². The normalized spacial score (nSPS) is 38.4. The number of ketones is 2. The van der Waals surface area contributed by atoms with Crippen molar-refractivity contribution in [1.82, 2.24) is 0 Å². The van der Waals surface area contributed by atoms with Gasteiger partial charge in [-0.1, -0.05) is 39.3 Å². The molecule has 3 saturated carbocycles. The van der Waals surface area contributed by atoms with Crippen LogP contribution in [0.2, 0.25) is 0 Å². The van der Waals surface area contributed by atoms with Gasteiger partial charge in [0, 0.05) is 30.1 Å². The molecular formula is C29H35F3O8. The molecular weight excluding hydrogens is 533 g/mol. The van der Waals surface area contributed by atoms with Crippen LogP contribution in [0.4, 0.5) is 13.2 Å². The molecule has 0 aromatic carbocycles. The Bertz CT molecular complexity index is 1190. The smallest absolute Gasteiger partial charge is 0.458 e. The first-order valence-electron chi connectivity index (χ1n) is 13.6. The molecule has 8 atom stereocenters. The van der Waals surface area contributed by atoms with Crippen molar-refractivity contribution >= 4 is 29.5 Å². The van der Waals surface area contributed by atoms with Gasteiger partial charge in [-0.25, -0.2) is 4.79 Å². The summed E-state index contributed by atoms with van der Waals surface area (Å²) in [6, 6.07) is 0. The molecule has 0 spiro atoms. The minimum absolute atomic E-state index is 0.0516. The zero-order chi connectivity index (χ0) is 29.8. The Morgan fingerprint density at radius 2 is 1.82 bits per heavy atom. The van der Waals surface area contributed by atoms with Gasteiger partial charge in [0.2, 0.25) is 5.78 Å². The topological polar surface area (TPSA) is 113 Å². The number of hydrogen-bond acceptors (Lipinski definition) is 8. The highest BCUT2D eigenvalue weighted by molar-refractivity contribution is 6.01. The van der Waals surface area contributed by atoms with E-state index in [1.807, 2.05) is 13.8 Å². The van der Waals surface area contributed by atoms with Crippen LogP contribution in [0, 0.1) is 34.5 Å². The molecule has 0 aromatic heterocycles. The Kier molecular flexibility index (Phi) is 7.60. The summed E-state index contributed by atoms with van der Waals surface area (Å²) in [6.45, 7) is 7.51. The highest BCUT2D eigenvalue weighted by Crippen LogP contribution is 2.69. The lowest BCUT2D eigenvalue weighted by Gasteiger charge is -2.61. The second kappa shape index (κ2) is 10.1. The Hall–Kier alpha value is -2.98. The molecule has 0 saturated heterocycles. The number of rotatable bonds is 6. The minimum atomic E-state index is -5.25. The van der Waals surface area contributed by atoms with E-state index in [1.54, 1.807) is 19.9 Å². The van der Waals surface area contributed by atoms with E-state index in [0.29, 0.717) is 12.8 Å². The predicted molar refractivity (Wildman–Crippen MR) is 133 cm³/mol. The molecule has 0 N–H and O–H groups in total. The molecule has 0 amide bonds. The van der Waals surface area contributed by atoms with E-state index in [0.717, 1.165) is 12.5 Å². The van der Waals surface area contributed by atoms with Gasteiger partial charge in [0.15, 0.2) is 18.0 Å². The molecule has 0 unspecified atom stereocenters. The van der Waals surface area contributed by atoms with Gasteiger partial charge >= 0.3 is 24.1 Å². The van der Waals surface area contributed by atoms with Crippen molar-refractivity contribution in [1.29, 1.82) is 0 Å². The molecule has 0 bridgehead atoms. The molecule has 220 valence electrons. The second-order valence-corrected chi connectivity index (χ2v) is 12.0. The fraction of sp³-hybridized carbons (Fsp3) is 0.690. The molecule has 4 aliphatic carbocycles. The lowest BCUT2D eigenvalue weighted by atomic mass is 9.44. The van der Waals surface area contributed by atoms with E-state index < -0.39 is 64.9 Å². The fourth-order valence-electron chi connectivity index (χ4n) is 8.25. The van der Waals surface area contributed by atoms with Gasteiger partial charge in [-0.05, 0) is 55.6 Å². The van der Waals surface area contributed by atoms with Crippen molar-refractivity contribution in [2.45, 2.75) is 84.6 Å². The molecule has 0 heterocycles. The van der Waals surface area contributed by atoms with Crippen molar-refractivity contribution in [3.63, 3.8) is 0 Å². The average Bonchev–Trinajstić information content (AvgIpc) is 3.15. The Morgan fingerprint density at radius 1 is 1.15 bits per heavy atom. The minimum Gasteiger partial charge on any atom is -0.458 e. The van der Waals surface area contributed by atoms with Crippen LogP contribution in [0.25, 0.3) is 0 Å². The van der Waals surface area contributed by atoms with Gasteiger partial charge in [-0.2, -0.15) is 13.2 Å². The number of Topliss-reactive ketones (excluding diaryl/α,β-unsaturated/α-hetero) is 1. The number of carbonyl (C=O) groups is 5. The zero-order valence-corrected chi connectivity index (χ0v) is 23.3. The summed E-state index contributed by atoms with van der Waals surface area (Å²) in [5.74, 6) is -5.97. The van der Waals surface area contributed by atoms with Crippen LogP contribution in [-0.2, 0) is 38.2 Å². The van der Waals surface area contributed by atoms with E-state index >= 15 is 0 Å². The Labute approximate surface area is 230 Å². The first-order chi connectivity index (χ1) is 18.5. The maximum absolute atomic E-state index is 13.7. The lowest BCUT2D eigenvalue weighted by Crippen LogP contribution is -2.64. The van der Waals surface area contributed by atoms with Crippen LogP contribution < -0.4 is 0 Å². The fourth-order valence-corrected chi connectivity index (χ4v) is 8.25. The molecule has 11 heteroatoms. The number of fused-ring (bicyclic) bond motifs is 5. The summed E-state index contributed by atoms with van der Waals surface area (Å²) in [5.41, 5.74) is -3.11. The molecule has 0 aromatic rings. The lowest BCUT2D eigenvalue weighted by molar-refractivity contribution is -0.228. The van der Waals surface area contributed by atoms with Crippen LogP contribution in [0.15, 0.2) is 23.8 Å². The van der Waals surface area contributed by atoms with Crippen LogP contribution in [-0.4, -0.2) is 54.0 Å². The van der Waals surface area contributed by atoms with Gasteiger partial charge < -0.3 is 14.2 Å². The third-order valence-corrected chi connectivity index (χ3v) is 9.84. The number of hydrogen-bond donors (Lipinski definition) is 0. The molecule has 4 rings (SSSR count). The molecule has 0 aliphatic heterocycles. The number of alkyl halides is 3. The Balaban J connectivity index is 1.86. The standard InChI is InChI=1S/C29H35F3O8/c1-6-23(36)40-28(22(35)14-38-16(3)33)10-8-19-18-11-15(2)20-12-17(34)7-9-26(20,4)24(18)21(13-27(19,28)5)39-25(37)29(30,31)32/h7,9,12,15,18-19,21,24H,6,8,10-11,13-14H2,1-5H3/t15-,18-,19-,21-,24+,26-,27-,28-/m0/s1. The van der Waals surface area contributed by atoms with Crippen LogP contribution in [0.3, 0.4) is 0 Å². The van der Waals surface area contributed by atoms with Crippen molar-refractivity contribution < 1.29 is 51.4 Å². The number of ether oxygens (including phenoxy) is 3. The third kappa shape index (κ3) is 4.68. The van der Waals surface area contributed by atoms with Gasteiger partial charge in [-0.3, -0.25) is 19.2 Å². The number of halogens is 3. The number of esters is 3. The molecule has 3 fully saturated rings. The van der Waals surface area contributed by atoms with Crippen LogP contribution in [0.5, 0.6) is 0 Å². The zero-order valence-electron chi connectivity index (χ0n) is 23.3. The molecule has 40 heavy (non-hydrogen) atoms. The molecule has 4 aliphatic rings. The first kappa shape index (κ1) is 30.0. The summed E-state index contributed by atoms with van der Waals surface area (Å²) in [5, 5.41) is 0. The van der Waals surface area contributed by atoms with Gasteiger partial charge in [0.05, 0.1) is 0 Å². The molecule has 8 nitrogen and oxygen atoms in total. The monoisotopic (exact) mass is 568 g/mol. The highest BCUT2D eigenvalue weighted by atomic mass is 19.4. The predicted octanol–water partition coefficient (Wildman–Crippen LogP) is 4.45. The summed E-state index contributed by atoms with van der Waals surface area (Å²) in [7, 11) is 0. The van der Waals surface area contributed by atoms with Crippen molar-refractivity contribution in [3.05, 3.63) is 23.8 Å². The number of carbonyl (C=O) groups excluding carboxylic acids is 5. The SMILES string of the molecule is CCC(=O)O[C@]1(C(=O)COC(C)=O)CC[C@H]2[C@@H]3C[C@H](C)C4=CC(=O)C=C[C@]4(C)[C@H]3[C@@H](OC(=O)C(F)(F)F)C[C@@]21C. The maximum atomic E-state index is 13.7. The van der Waals surface area contributed by atoms with Crippen LogP contribution in [0.1, 0.15) is 66.7 Å². The largest absolute Gasteiger partial charge is 0.490 e.